The Labute approximate surface area is 134 Å². The predicted octanol–water partition coefficient (Wildman–Crippen LogP) is 0.766. The summed E-state index contributed by atoms with van der Waals surface area (Å²) in [6.45, 7) is 2.57. The molecule has 0 aromatic carbocycles. The van der Waals surface area contributed by atoms with Gasteiger partial charge in [0.15, 0.2) is 0 Å². The molecule has 0 radical (unpaired) electrons. The lowest BCUT2D eigenvalue weighted by molar-refractivity contribution is -0.147. The molecule has 2 atom stereocenters. The van der Waals surface area contributed by atoms with Crippen LogP contribution >= 0.6 is 0 Å². The van der Waals surface area contributed by atoms with Crippen molar-refractivity contribution in [3.63, 3.8) is 0 Å². The van der Waals surface area contributed by atoms with E-state index < -0.39 is 21.5 Å². The number of carboxylic acids is 1. The van der Waals surface area contributed by atoms with E-state index in [1.165, 1.54) is 19.3 Å². The number of sulfonamides is 1. The number of ether oxygens (including phenoxy) is 1. The lowest BCUT2D eigenvalue weighted by atomic mass is 9.72. The fourth-order valence-electron chi connectivity index (χ4n) is 3.02. The van der Waals surface area contributed by atoms with Crippen LogP contribution in [0.2, 0.25) is 0 Å². The zero-order valence-electron chi connectivity index (χ0n) is 12.9. The Hall–Kier alpha value is -1.45. The Bertz CT molecular complexity index is 691. The SMILES string of the molecule is CC(NS(=O)(=O)c1cnn(C2CCOC2)c1)(C(=O)O)C1CCC1. The first-order chi connectivity index (χ1) is 10.8. The maximum absolute atomic E-state index is 12.6. The van der Waals surface area contributed by atoms with Gasteiger partial charge in [-0.3, -0.25) is 9.48 Å². The lowest BCUT2D eigenvalue weighted by Crippen LogP contribution is -2.58. The standard InChI is InChI=1S/C14H21N3O5S/c1-14(13(18)19,10-3-2-4-10)16-23(20,21)12-7-15-17(8-12)11-5-6-22-9-11/h7-8,10-11,16H,2-6,9H2,1H3,(H,18,19). The quantitative estimate of drug-likeness (QED) is 0.789. The molecule has 2 aliphatic rings. The molecule has 2 unspecified atom stereocenters. The number of nitrogens with one attached hydrogen (secondary N) is 1. The van der Waals surface area contributed by atoms with E-state index in [4.69, 9.17) is 4.74 Å². The molecule has 1 saturated heterocycles. The van der Waals surface area contributed by atoms with Crippen molar-refractivity contribution in [3.8, 4) is 0 Å². The van der Waals surface area contributed by atoms with Crippen LogP contribution in [0.15, 0.2) is 17.3 Å². The number of aromatic nitrogens is 2. The second kappa shape index (κ2) is 5.88. The predicted molar refractivity (Wildman–Crippen MR) is 80.4 cm³/mol. The average molecular weight is 343 g/mol. The van der Waals surface area contributed by atoms with E-state index in [1.807, 2.05) is 0 Å². The zero-order chi connectivity index (χ0) is 16.7. The van der Waals surface area contributed by atoms with Gasteiger partial charge in [-0.1, -0.05) is 6.42 Å². The largest absolute Gasteiger partial charge is 0.480 e. The summed E-state index contributed by atoms with van der Waals surface area (Å²) in [5, 5.41) is 13.6. The molecule has 2 heterocycles. The van der Waals surface area contributed by atoms with Gasteiger partial charge in [0.25, 0.3) is 0 Å². The number of rotatable bonds is 6. The van der Waals surface area contributed by atoms with Gasteiger partial charge in [-0.25, -0.2) is 8.42 Å². The minimum Gasteiger partial charge on any atom is -0.480 e. The molecule has 0 spiro atoms. The second-order valence-electron chi connectivity index (χ2n) is 6.41. The molecule has 23 heavy (non-hydrogen) atoms. The number of hydrogen-bond donors (Lipinski definition) is 2. The van der Waals surface area contributed by atoms with Gasteiger partial charge < -0.3 is 9.84 Å². The molecule has 1 aliphatic heterocycles. The molecular formula is C14H21N3O5S. The highest BCUT2D eigenvalue weighted by Gasteiger charge is 2.47. The Morgan fingerprint density at radius 1 is 1.48 bits per heavy atom. The maximum Gasteiger partial charge on any atom is 0.324 e. The molecule has 2 N–H and O–H groups in total. The number of carbonyl (C=O) groups is 1. The topological polar surface area (TPSA) is 111 Å². The van der Waals surface area contributed by atoms with E-state index in [0.29, 0.717) is 26.1 Å². The molecule has 0 bridgehead atoms. The number of nitrogens with zero attached hydrogens (tertiary/aromatic N) is 2. The maximum atomic E-state index is 12.6. The number of aliphatic carboxylic acids is 1. The first-order valence-corrected chi connectivity index (χ1v) is 9.20. The monoisotopic (exact) mass is 343 g/mol. The minimum absolute atomic E-state index is 0.0174. The summed E-state index contributed by atoms with van der Waals surface area (Å²) in [7, 11) is -3.95. The van der Waals surface area contributed by atoms with Crippen molar-refractivity contribution in [1.29, 1.82) is 0 Å². The third-order valence-corrected chi connectivity index (χ3v) is 6.40. The highest BCUT2D eigenvalue weighted by Crippen LogP contribution is 2.37. The van der Waals surface area contributed by atoms with Gasteiger partial charge in [0.2, 0.25) is 10.0 Å². The highest BCUT2D eigenvalue weighted by atomic mass is 32.2. The lowest BCUT2D eigenvalue weighted by Gasteiger charge is -2.39. The normalized spacial score (nSPS) is 25.0. The zero-order valence-corrected chi connectivity index (χ0v) is 13.8. The first-order valence-electron chi connectivity index (χ1n) is 7.72. The number of hydrogen-bond acceptors (Lipinski definition) is 5. The van der Waals surface area contributed by atoms with Gasteiger partial charge in [-0.15, -0.1) is 0 Å². The first kappa shape index (κ1) is 16.4. The van der Waals surface area contributed by atoms with Crippen LogP contribution < -0.4 is 4.72 Å². The van der Waals surface area contributed by atoms with Crippen LogP contribution in [0.1, 0.15) is 38.6 Å². The van der Waals surface area contributed by atoms with Crippen molar-refractivity contribution in [2.45, 2.75) is 49.1 Å². The van der Waals surface area contributed by atoms with Crippen molar-refractivity contribution in [2.75, 3.05) is 13.2 Å². The van der Waals surface area contributed by atoms with Crippen LogP contribution in [0.3, 0.4) is 0 Å². The number of carboxylic acid groups (broad SMARTS) is 1. The van der Waals surface area contributed by atoms with E-state index >= 15 is 0 Å². The summed E-state index contributed by atoms with van der Waals surface area (Å²) >= 11 is 0. The fourth-order valence-corrected chi connectivity index (χ4v) is 4.38. The molecule has 3 rings (SSSR count). The van der Waals surface area contributed by atoms with Gasteiger partial charge in [0, 0.05) is 12.8 Å². The van der Waals surface area contributed by atoms with Crippen molar-refractivity contribution >= 4 is 16.0 Å². The Balaban J connectivity index is 1.81. The summed E-state index contributed by atoms with van der Waals surface area (Å²) < 4.78 is 34.4. The molecule has 1 aromatic heterocycles. The molecule has 1 saturated carbocycles. The molecular weight excluding hydrogens is 322 g/mol. The average Bonchev–Trinajstić information content (AvgIpc) is 3.07. The van der Waals surface area contributed by atoms with E-state index in [0.717, 1.165) is 12.8 Å². The summed E-state index contributed by atoms with van der Waals surface area (Å²) in [5.41, 5.74) is -1.49. The molecule has 8 nitrogen and oxygen atoms in total. The van der Waals surface area contributed by atoms with Crippen LogP contribution in [0.25, 0.3) is 0 Å². The third-order valence-electron chi connectivity index (χ3n) is 4.88. The van der Waals surface area contributed by atoms with E-state index in [2.05, 4.69) is 9.82 Å². The molecule has 1 aliphatic carbocycles. The van der Waals surface area contributed by atoms with Crippen LogP contribution in [-0.4, -0.2) is 48.0 Å². The highest BCUT2D eigenvalue weighted by molar-refractivity contribution is 7.89. The summed E-state index contributed by atoms with van der Waals surface area (Å²) in [6.07, 6.45) is 5.82. The van der Waals surface area contributed by atoms with Crippen molar-refractivity contribution in [1.82, 2.24) is 14.5 Å². The van der Waals surface area contributed by atoms with Crippen molar-refractivity contribution in [2.24, 2.45) is 5.92 Å². The molecule has 2 fully saturated rings. The van der Waals surface area contributed by atoms with Gasteiger partial charge in [0.05, 0.1) is 18.8 Å². The molecule has 9 heteroatoms. The summed E-state index contributed by atoms with van der Waals surface area (Å²) in [5.74, 6) is -1.34. The van der Waals surface area contributed by atoms with E-state index in [-0.39, 0.29) is 16.9 Å². The fraction of sp³-hybridized carbons (Fsp3) is 0.714. The van der Waals surface area contributed by atoms with E-state index in [1.54, 1.807) is 4.68 Å². The molecule has 1 aromatic rings. The molecule has 128 valence electrons. The summed E-state index contributed by atoms with van der Waals surface area (Å²) in [4.78, 5) is 11.6. The van der Waals surface area contributed by atoms with Crippen molar-refractivity contribution < 1.29 is 23.1 Å². The third kappa shape index (κ3) is 3.00. The Morgan fingerprint density at radius 2 is 2.22 bits per heavy atom. The van der Waals surface area contributed by atoms with Crippen molar-refractivity contribution in [3.05, 3.63) is 12.4 Å². The van der Waals surface area contributed by atoms with Crippen LogP contribution in [0.5, 0.6) is 0 Å². The summed E-state index contributed by atoms with van der Waals surface area (Å²) in [6, 6.07) is 0.0245. The molecule has 0 amide bonds. The van der Waals surface area contributed by atoms with Gasteiger partial charge in [-0.05, 0) is 32.1 Å². The van der Waals surface area contributed by atoms with Gasteiger partial charge in [-0.2, -0.15) is 9.82 Å². The van der Waals surface area contributed by atoms with Gasteiger partial charge in [0.1, 0.15) is 10.4 Å². The van der Waals surface area contributed by atoms with E-state index in [9.17, 15) is 18.3 Å². The van der Waals surface area contributed by atoms with Crippen LogP contribution in [-0.2, 0) is 19.6 Å². The minimum atomic E-state index is -3.95. The van der Waals surface area contributed by atoms with Gasteiger partial charge >= 0.3 is 5.97 Å². The Kier molecular flexibility index (Phi) is 4.19. The smallest absolute Gasteiger partial charge is 0.324 e. The second-order valence-corrected chi connectivity index (χ2v) is 8.10. The Morgan fingerprint density at radius 3 is 2.74 bits per heavy atom. The van der Waals surface area contributed by atoms with Crippen LogP contribution in [0.4, 0.5) is 0 Å². The van der Waals surface area contributed by atoms with Crippen LogP contribution in [0, 0.1) is 5.92 Å².